The summed E-state index contributed by atoms with van der Waals surface area (Å²) in [7, 11) is -3.90. The van der Waals surface area contributed by atoms with Gasteiger partial charge < -0.3 is 10.1 Å². The van der Waals surface area contributed by atoms with Gasteiger partial charge in [0.2, 0.25) is 10.0 Å². The Morgan fingerprint density at radius 2 is 2.13 bits per heavy atom. The van der Waals surface area contributed by atoms with Crippen molar-refractivity contribution in [3.8, 4) is 5.75 Å². The number of nitrogens with one attached hydrogen (secondary N) is 2. The first-order chi connectivity index (χ1) is 10.6. The maximum Gasteiger partial charge on any atom is 0.573 e. The minimum absolute atomic E-state index is 0.215. The van der Waals surface area contributed by atoms with Crippen LogP contribution in [0.25, 0.3) is 0 Å². The van der Waals surface area contributed by atoms with Gasteiger partial charge in [-0.3, -0.25) is 0 Å². The highest BCUT2D eigenvalue weighted by Gasteiger charge is 2.32. The van der Waals surface area contributed by atoms with E-state index in [4.69, 9.17) is 0 Å². The number of benzene rings is 1. The van der Waals surface area contributed by atoms with Crippen molar-refractivity contribution in [3.05, 3.63) is 24.3 Å². The van der Waals surface area contributed by atoms with E-state index >= 15 is 0 Å². The van der Waals surface area contributed by atoms with E-state index in [9.17, 15) is 21.6 Å². The first-order valence-electron chi connectivity index (χ1n) is 7.16. The third-order valence-corrected chi connectivity index (χ3v) is 5.12. The summed E-state index contributed by atoms with van der Waals surface area (Å²) in [6.45, 7) is 3.77. The Kier molecular flexibility index (Phi) is 5.22. The molecule has 0 aromatic heterocycles. The zero-order chi connectivity index (χ0) is 17.1. The van der Waals surface area contributed by atoms with Crippen LogP contribution >= 0.6 is 0 Å². The second-order valence-electron chi connectivity index (χ2n) is 5.94. The number of alkyl halides is 3. The van der Waals surface area contributed by atoms with Crippen LogP contribution in [-0.2, 0) is 10.0 Å². The van der Waals surface area contributed by atoms with E-state index in [1.54, 1.807) is 0 Å². The Morgan fingerprint density at radius 3 is 2.74 bits per heavy atom. The molecule has 1 heterocycles. The van der Waals surface area contributed by atoms with Crippen LogP contribution in [0, 0.1) is 5.41 Å². The summed E-state index contributed by atoms with van der Waals surface area (Å²) in [5.41, 5.74) is -0.217. The van der Waals surface area contributed by atoms with E-state index < -0.39 is 22.1 Å². The van der Waals surface area contributed by atoms with Gasteiger partial charge in [0.25, 0.3) is 0 Å². The van der Waals surface area contributed by atoms with E-state index in [2.05, 4.69) is 14.8 Å². The molecule has 1 fully saturated rings. The third kappa shape index (κ3) is 5.36. The van der Waals surface area contributed by atoms with Gasteiger partial charge in [-0.05, 0) is 36.9 Å². The van der Waals surface area contributed by atoms with E-state index in [1.165, 1.54) is 12.1 Å². The van der Waals surface area contributed by atoms with Gasteiger partial charge in [0, 0.05) is 19.2 Å². The molecule has 23 heavy (non-hydrogen) atoms. The van der Waals surface area contributed by atoms with Crippen LogP contribution < -0.4 is 14.8 Å². The first kappa shape index (κ1) is 18.0. The summed E-state index contributed by atoms with van der Waals surface area (Å²) in [6, 6.07) is 4.35. The van der Waals surface area contributed by atoms with Gasteiger partial charge >= 0.3 is 6.36 Å². The second-order valence-corrected chi connectivity index (χ2v) is 7.71. The fourth-order valence-corrected chi connectivity index (χ4v) is 3.69. The Labute approximate surface area is 133 Å². The molecule has 1 atom stereocenters. The number of sulfonamides is 1. The minimum atomic E-state index is -4.86. The Morgan fingerprint density at radius 1 is 1.39 bits per heavy atom. The van der Waals surface area contributed by atoms with Crippen molar-refractivity contribution in [2.45, 2.75) is 31.0 Å². The van der Waals surface area contributed by atoms with Crippen molar-refractivity contribution in [1.29, 1.82) is 0 Å². The van der Waals surface area contributed by atoms with Crippen LogP contribution in [0.15, 0.2) is 29.2 Å². The normalized spacial score (nSPS) is 22.8. The van der Waals surface area contributed by atoms with Crippen molar-refractivity contribution in [2.75, 3.05) is 19.6 Å². The predicted molar refractivity (Wildman–Crippen MR) is 78.5 cm³/mol. The van der Waals surface area contributed by atoms with Gasteiger partial charge in [0.1, 0.15) is 5.75 Å². The van der Waals surface area contributed by atoms with Crippen molar-refractivity contribution < 1.29 is 26.3 Å². The molecule has 1 unspecified atom stereocenters. The lowest BCUT2D eigenvalue weighted by Gasteiger charge is -2.34. The lowest BCUT2D eigenvalue weighted by atomic mass is 9.83. The summed E-state index contributed by atoms with van der Waals surface area (Å²) in [5, 5.41) is 3.21. The molecule has 1 saturated heterocycles. The molecule has 1 aliphatic heterocycles. The molecule has 1 aromatic carbocycles. The molecule has 2 rings (SSSR count). The van der Waals surface area contributed by atoms with Crippen LogP contribution in [0.4, 0.5) is 13.2 Å². The van der Waals surface area contributed by atoms with Gasteiger partial charge in [-0.15, -0.1) is 13.2 Å². The van der Waals surface area contributed by atoms with E-state index in [-0.39, 0.29) is 16.9 Å². The largest absolute Gasteiger partial charge is 0.573 e. The summed E-state index contributed by atoms with van der Waals surface area (Å²) >= 11 is 0. The van der Waals surface area contributed by atoms with E-state index in [0.29, 0.717) is 6.54 Å². The number of ether oxygens (including phenoxy) is 1. The highest BCUT2D eigenvalue weighted by molar-refractivity contribution is 7.89. The molecule has 0 radical (unpaired) electrons. The monoisotopic (exact) mass is 352 g/mol. The third-order valence-electron chi connectivity index (χ3n) is 3.72. The molecule has 0 saturated carbocycles. The molecule has 1 aliphatic rings. The SMILES string of the molecule is CC1(CNS(=O)(=O)c2cccc(OC(F)(F)F)c2)CCCNC1. The average molecular weight is 352 g/mol. The van der Waals surface area contributed by atoms with Gasteiger partial charge in [-0.2, -0.15) is 0 Å². The topological polar surface area (TPSA) is 67.4 Å². The predicted octanol–water partition coefficient (Wildman–Crippen LogP) is 2.25. The van der Waals surface area contributed by atoms with Crippen molar-refractivity contribution in [1.82, 2.24) is 10.0 Å². The maximum atomic E-state index is 12.3. The highest BCUT2D eigenvalue weighted by atomic mass is 32.2. The van der Waals surface area contributed by atoms with Crippen LogP contribution in [-0.4, -0.2) is 34.4 Å². The zero-order valence-electron chi connectivity index (χ0n) is 12.6. The number of hydrogen-bond acceptors (Lipinski definition) is 4. The number of halogens is 3. The smallest absolute Gasteiger partial charge is 0.406 e. The van der Waals surface area contributed by atoms with Crippen molar-refractivity contribution in [2.24, 2.45) is 5.41 Å². The molecule has 130 valence electrons. The van der Waals surface area contributed by atoms with Crippen LogP contribution in [0.3, 0.4) is 0 Å². The molecule has 0 aliphatic carbocycles. The molecular formula is C14H19F3N2O3S. The van der Waals surface area contributed by atoms with Crippen molar-refractivity contribution in [3.63, 3.8) is 0 Å². The number of rotatable bonds is 5. The summed E-state index contributed by atoms with van der Waals surface area (Å²) in [4.78, 5) is -0.258. The van der Waals surface area contributed by atoms with E-state index in [0.717, 1.165) is 31.5 Å². The highest BCUT2D eigenvalue weighted by Crippen LogP contribution is 2.27. The molecule has 5 nitrogen and oxygen atoms in total. The summed E-state index contributed by atoms with van der Waals surface area (Å²) in [6.07, 6.45) is -3.04. The quantitative estimate of drug-likeness (QED) is 0.853. The number of piperidine rings is 1. The van der Waals surface area contributed by atoms with E-state index in [1.807, 2.05) is 6.92 Å². The standard InChI is InChI=1S/C14H19F3N2O3S/c1-13(6-3-7-18-9-13)10-19-23(20,21)12-5-2-4-11(8-12)22-14(15,16)17/h2,4-5,8,18-19H,3,6-7,9-10H2,1H3. The second kappa shape index (κ2) is 6.66. The molecule has 0 bridgehead atoms. The summed E-state index contributed by atoms with van der Waals surface area (Å²) in [5.74, 6) is -0.564. The Balaban J connectivity index is 2.08. The van der Waals surface area contributed by atoms with Gasteiger partial charge in [-0.25, -0.2) is 13.1 Å². The van der Waals surface area contributed by atoms with Gasteiger partial charge in [-0.1, -0.05) is 13.0 Å². The van der Waals surface area contributed by atoms with Crippen LogP contribution in [0.1, 0.15) is 19.8 Å². The van der Waals surface area contributed by atoms with Crippen LogP contribution in [0.5, 0.6) is 5.75 Å². The van der Waals surface area contributed by atoms with Gasteiger partial charge in [0.05, 0.1) is 4.90 Å². The molecule has 0 amide bonds. The first-order valence-corrected chi connectivity index (χ1v) is 8.64. The van der Waals surface area contributed by atoms with Gasteiger partial charge in [0.15, 0.2) is 0 Å². The molecule has 2 N–H and O–H groups in total. The lowest BCUT2D eigenvalue weighted by molar-refractivity contribution is -0.274. The Hall–Kier alpha value is -1.32. The molecule has 1 aromatic rings. The minimum Gasteiger partial charge on any atom is -0.406 e. The molecule has 9 heteroatoms. The zero-order valence-corrected chi connectivity index (χ0v) is 13.4. The Bertz CT molecular complexity index is 641. The number of hydrogen-bond donors (Lipinski definition) is 2. The maximum absolute atomic E-state index is 12.3. The lowest BCUT2D eigenvalue weighted by Crippen LogP contribution is -2.45. The molecule has 0 spiro atoms. The fraction of sp³-hybridized carbons (Fsp3) is 0.571. The molecular weight excluding hydrogens is 333 g/mol. The summed E-state index contributed by atoms with van der Waals surface area (Å²) < 4.78 is 67.4. The average Bonchev–Trinajstić information content (AvgIpc) is 2.45. The van der Waals surface area contributed by atoms with Crippen LogP contribution in [0.2, 0.25) is 0 Å². The van der Waals surface area contributed by atoms with Crippen molar-refractivity contribution >= 4 is 10.0 Å². The fourth-order valence-electron chi connectivity index (χ4n) is 2.46.